The van der Waals surface area contributed by atoms with Gasteiger partial charge in [0, 0.05) is 36.7 Å². The number of nitrogens with two attached hydrogens (primary N) is 1. The molecule has 6 N–H and O–H groups in total. The molecule has 0 heterocycles. The summed E-state index contributed by atoms with van der Waals surface area (Å²) in [6, 6.07) is 1.69. The lowest BCUT2D eigenvalue weighted by Gasteiger charge is -2.23. The van der Waals surface area contributed by atoms with Gasteiger partial charge in [0.05, 0.1) is 0 Å². The van der Waals surface area contributed by atoms with E-state index in [2.05, 4.69) is 5.32 Å². The van der Waals surface area contributed by atoms with Crippen molar-refractivity contribution >= 4 is 6.09 Å². The third-order valence-corrected chi connectivity index (χ3v) is 2.64. The van der Waals surface area contributed by atoms with Crippen LogP contribution in [0.25, 0.3) is 0 Å². The second-order valence-electron chi connectivity index (χ2n) is 5.75. The number of phenolic OH excluding ortho intramolecular Hbond substituents is 3. The minimum atomic E-state index is -0.633. The number of hydrogen-bond acceptors (Lipinski definition) is 6. The molecule has 0 bridgehead atoms. The van der Waals surface area contributed by atoms with Gasteiger partial charge in [0.2, 0.25) is 0 Å². The summed E-state index contributed by atoms with van der Waals surface area (Å²) in [7, 11) is 0. The van der Waals surface area contributed by atoms with Gasteiger partial charge in [-0.3, -0.25) is 0 Å². The number of benzene rings is 1. The number of alkyl carbamates (subject to hydrolysis) is 1. The van der Waals surface area contributed by atoms with Gasteiger partial charge >= 0.3 is 6.09 Å². The maximum Gasteiger partial charge on any atom is 0.407 e. The summed E-state index contributed by atoms with van der Waals surface area (Å²) in [6.45, 7) is 5.31. The summed E-state index contributed by atoms with van der Waals surface area (Å²) in [6.07, 6.45) is -0.524. The van der Waals surface area contributed by atoms with E-state index in [1.807, 2.05) is 0 Å². The fraction of sp³-hybridized carbons (Fsp3) is 0.500. The highest BCUT2D eigenvalue weighted by Crippen LogP contribution is 2.32. The maximum atomic E-state index is 11.7. The Kier molecular flexibility index (Phi) is 5.26. The van der Waals surface area contributed by atoms with E-state index in [9.17, 15) is 20.1 Å². The van der Waals surface area contributed by atoms with Gasteiger partial charge in [-0.2, -0.15) is 0 Å². The number of amides is 1. The number of ether oxygens (including phenoxy) is 1. The quantitative estimate of drug-likeness (QED) is 0.568. The lowest BCUT2D eigenvalue weighted by atomic mass is 10.0. The molecule has 21 heavy (non-hydrogen) atoms. The number of aromatic hydroxyl groups is 3. The Labute approximate surface area is 123 Å². The molecule has 0 aliphatic heterocycles. The second-order valence-corrected chi connectivity index (χ2v) is 5.75. The van der Waals surface area contributed by atoms with E-state index in [4.69, 9.17) is 10.5 Å². The van der Waals surface area contributed by atoms with Crippen molar-refractivity contribution in [1.82, 2.24) is 5.32 Å². The molecule has 0 radical (unpaired) electrons. The average molecular weight is 298 g/mol. The summed E-state index contributed by atoms with van der Waals surface area (Å²) in [5.74, 6) is -0.785. The molecule has 0 saturated heterocycles. The number of hydrogen-bond donors (Lipinski definition) is 5. The first-order valence-corrected chi connectivity index (χ1v) is 6.55. The van der Waals surface area contributed by atoms with Gasteiger partial charge in [0.1, 0.15) is 22.8 Å². The van der Waals surface area contributed by atoms with Crippen LogP contribution in [0, 0.1) is 0 Å². The number of nitrogens with one attached hydrogen (secondary N) is 1. The zero-order chi connectivity index (χ0) is 16.2. The van der Waals surface area contributed by atoms with Gasteiger partial charge in [-0.25, -0.2) is 4.79 Å². The van der Waals surface area contributed by atoms with Crippen molar-refractivity contribution in [3.8, 4) is 17.2 Å². The lowest BCUT2D eigenvalue weighted by Crippen LogP contribution is -2.44. The molecule has 0 fully saturated rings. The summed E-state index contributed by atoms with van der Waals surface area (Å²) in [5, 5.41) is 31.3. The zero-order valence-electron chi connectivity index (χ0n) is 12.4. The minimum Gasteiger partial charge on any atom is -0.508 e. The highest BCUT2D eigenvalue weighted by molar-refractivity contribution is 5.68. The van der Waals surface area contributed by atoms with Crippen LogP contribution >= 0.6 is 0 Å². The fourth-order valence-electron chi connectivity index (χ4n) is 1.75. The molecular formula is C14H22N2O5. The monoisotopic (exact) mass is 298 g/mol. The van der Waals surface area contributed by atoms with Crippen molar-refractivity contribution in [3.63, 3.8) is 0 Å². The molecule has 1 unspecified atom stereocenters. The normalized spacial score (nSPS) is 12.8. The maximum absolute atomic E-state index is 11.7. The first-order valence-electron chi connectivity index (χ1n) is 6.55. The van der Waals surface area contributed by atoms with Crippen molar-refractivity contribution in [2.45, 2.75) is 38.8 Å². The van der Waals surface area contributed by atoms with Crippen molar-refractivity contribution in [2.24, 2.45) is 5.73 Å². The van der Waals surface area contributed by atoms with E-state index in [-0.39, 0.29) is 35.8 Å². The van der Waals surface area contributed by atoms with E-state index in [0.29, 0.717) is 0 Å². The Morgan fingerprint density at radius 2 is 1.81 bits per heavy atom. The topological polar surface area (TPSA) is 125 Å². The molecule has 7 heteroatoms. The molecule has 0 aliphatic carbocycles. The van der Waals surface area contributed by atoms with Crippen molar-refractivity contribution in [3.05, 3.63) is 17.7 Å². The number of phenols is 3. The highest BCUT2D eigenvalue weighted by Gasteiger charge is 2.21. The number of rotatable bonds is 4. The van der Waals surface area contributed by atoms with E-state index >= 15 is 0 Å². The molecule has 118 valence electrons. The Balaban J connectivity index is 2.77. The van der Waals surface area contributed by atoms with E-state index in [1.165, 1.54) is 0 Å². The smallest absolute Gasteiger partial charge is 0.407 e. The molecule has 0 saturated carbocycles. The molecule has 0 aliphatic rings. The molecule has 7 nitrogen and oxygen atoms in total. The Morgan fingerprint density at radius 1 is 1.29 bits per heavy atom. The molecule has 1 aromatic carbocycles. The van der Waals surface area contributed by atoms with E-state index in [0.717, 1.165) is 12.1 Å². The molecule has 1 rings (SSSR count). The standard InChI is InChI=1S/C14H22N2O5/c1-14(2,3)21-13(20)16-8(7-15)4-10-11(18)5-9(17)6-12(10)19/h5-6,8,17-19H,4,7,15H2,1-3H3,(H,16,20). The largest absolute Gasteiger partial charge is 0.508 e. The van der Waals surface area contributed by atoms with Crippen LogP contribution in [-0.4, -0.2) is 39.6 Å². The van der Waals surface area contributed by atoms with Crippen LogP contribution < -0.4 is 11.1 Å². The predicted octanol–water partition coefficient (Wildman–Crippen LogP) is 1.20. The molecule has 0 spiro atoms. The van der Waals surface area contributed by atoms with E-state index < -0.39 is 17.7 Å². The predicted molar refractivity (Wildman–Crippen MR) is 77.4 cm³/mol. The number of carbonyl (C=O) groups excluding carboxylic acids is 1. The fourth-order valence-corrected chi connectivity index (χ4v) is 1.75. The van der Waals surface area contributed by atoms with Crippen LogP contribution in [0.2, 0.25) is 0 Å². The molecular weight excluding hydrogens is 276 g/mol. The zero-order valence-corrected chi connectivity index (χ0v) is 12.4. The Morgan fingerprint density at radius 3 is 2.24 bits per heavy atom. The van der Waals surface area contributed by atoms with Crippen LogP contribution in [0.15, 0.2) is 12.1 Å². The van der Waals surface area contributed by atoms with Crippen LogP contribution in [-0.2, 0) is 11.2 Å². The molecule has 1 amide bonds. The molecule has 1 atom stereocenters. The lowest BCUT2D eigenvalue weighted by molar-refractivity contribution is 0.0505. The minimum absolute atomic E-state index is 0.0962. The average Bonchev–Trinajstić information content (AvgIpc) is 2.29. The number of carbonyl (C=O) groups is 1. The highest BCUT2D eigenvalue weighted by atomic mass is 16.6. The third-order valence-electron chi connectivity index (χ3n) is 2.64. The van der Waals surface area contributed by atoms with Crippen LogP contribution in [0.5, 0.6) is 17.2 Å². The first kappa shape index (κ1) is 16.9. The van der Waals surface area contributed by atoms with Crippen LogP contribution in [0.1, 0.15) is 26.3 Å². The van der Waals surface area contributed by atoms with Gasteiger partial charge < -0.3 is 31.1 Å². The van der Waals surface area contributed by atoms with Gasteiger partial charge in [-0.05, 0) is 20.8 Å². The Bertz CT molecular complexity index is 488. The van der Waals surface area contributed by atoms with Crippen molar-refractivity contribution < 1.29 is 24.9 Å². The molecule has 0 aromatic heterocycles. The first-order chi connectivity index (χ1) is 9.62. The van der Waals surface area contributed by atoms with Crippen molar-refractivity contribution in [2.75, 3.05) is 6.54 Å². The van der Waals surface area contributed by atoms with Gasteiger partial charge in [0.25, 0.3) is 0 Å². The summed E-state index contributed by atoms with van der Waals surface area (Å²) >= 11 is 0. The van der Waals surface area contributed by atoms with Crippen molar-refractivity contribution in [1.29, 1.82) is 0 Å². The van der Waals surface area contributed by atoms with Gasteiger partial charge in [-0.15, -0.1) is 0 Å². The second kappa shape index (κ2) is 6.53. The SMILES string of the molecule is CC(C)(C)OC(=O)NC(CN)Cc1c(O)cc(O)cc1O. The van der Waals surface area contributed by atoms with Gasteiger partial charge in [0.15, 0.2) is 0 Å². The Hall–Kier alpha value is -2.15. The summed E-state index contributed by atoms with van der Waals surface area (Å²) in [4.78, 5) is 11.7. The summed E-state index contributed by atoms with van der Waals surface area (Å²) < 4.78 is 5.12. The molecule has 1 aromatic rings. The van der Waals surface area contributed by atoms with E-state index in [1.54, 1.807) is 20.8 Å². The van der Waals surface area contributed by atoms with Crippen LogP contribution in [0.4, 0.5) is 4.79 Å². The third kappa shape index (κ3) is 5.39. The van der Waals surface area contributed by atoms with Crippen LogP contribution in [0.3, 0.4) is 0 Å². The van der Waals surface area contributed by atoms with Gasteiger partial charge in [-0.1, -0.05) is 0 Å². The summed E-state index contributed by atoms with van der Waals surface area (Å²) in [5.41, 5.74) is 5.14.